The van der Waals surface area contributed by atoms with E-state index in [1.54, 1.807) is 74.5 Å². The van der Waals surface area contributed by atoms with Crippen molar-refractivity contribution in [3.05, 3.63) is 139 Å². The van der Waals surface area contributed by atoms with Crippen molar-refractivity contribution in [2.24, 2.45) is 20.5 Å². The number of carbonyl (C=O) groups is 3. The molecule has 67 heavy (non-hydrogen) atoms. The first-order chi connectivity index (χ1) is 32.8. The van der Waals surface area contributed by atoms with Crippen LogP contribution in [0.25, 0.3) is 0 Å². The molecule has 0 saturated carbocycles. The number of ether oxygens (including phenoxy) is 8. The lowest BCUT2D eigenvalue weighted by molar-refractivity contribution is -0.144. The van der Waals surface area contributed by atoms with Gasteiger partial charge in [0, 0.05) is 24.3 Å². The number of esters is 3. The predicted octanol–water partition coefficient (Wildman–Crippen LogP) is 13.0. The van der Waals surface area contributed by atoms with E-state index in [1.165, 1.54) is 0 Å². The second-order valence-corrected chi connectivity index (χ2v) is 14.7. The maximum atomic E-state index is 11.8. The van der Waals surface area contributed by atoms with Crippen molar-refractivity contribution in [3.63, 3.8) is 0 Å². The van der Waals surface area contributed by atoms with E-state index in [0.717, 1.165) is 68.9 Å². The topological polar surface area (TPSA) is 174 Å². The molecule has 0 amide bonds. The third-order valence-corrected chi connectivity index (χ3v) is 9.59. The van der Waals surface area contributed by atoms with E-state index in [-0.39, 0.29) is 18.7 Å². The standard InChI is InChI=1S/C52H58N4O11/c1-4-50(57)67-38-66-49-36-47(64-33-13-9-7-11-31-62-45-27-23-43(24-28-45)55-53-41-19-15-39(16-20-41)51(58)60-5-2)35-48(37-49)65-34-14-10-8-12-32-63-46-29-25-44(26-30-46)56-54-42-21-17-40(18-22-42)52(59)61-6-3/h4,15-30,35-37H,1,5-14,31-34,38H2,2-3H3. The molecule has 0 radical (unpaired) electrons. The minimum atomic E-state index is -0.580. The molecule has 0 unspecified atom stereocenters. The molecule has 5 aromatic rings. The number of rotatable bonds is 30. The minimum Gasteiger partial charge on any atom is -0.494 e. The molecule has 0 N–H and O–H groups in total. The number of hydrogen-bond donors (Lipinski definition) is 0. The number of nitrogens with zero attached hydrogens (tertiary/aromatic N) is 4. The van der Waals surface area contributed by atoms with E-state index in [0.29, 0.717) is 90.8 Å². The van der Waals surface area contributed by atoms with Crippen LogP contribution in [0.4, 0.5) is 22.7 Å². The highest BCUT2D eigenvalue weighted by atomic mass is 16.7. The summed E-state index contributed by atoms with van der Waals surface area (Å²) in [5, 5.41) is 17.0. The molecule has 0 aromatic heterocycles. The average molecular weight is 915 g/mol. The maximum Gasteiger partial charge on any atom is 0.338 e. The zero-order chi connectivity index (χ0) is 47.3. The minimum absolute atomic E-state index is 0.270. The molecule has 0 bridgehead atoms. The Labute approximate surface area is 391 Å². The predicted molar refractivity (Wildman–Crippen MR) is 253 cm³/mol. The largest absolute Gasteiger partial charge is 0.494 e. The van der Waals surface area contributed by atoms with Crippen LogP contribution in [0, 0.1) is 0 Å². The second kappa shape index (κ2) is 29.1. The lowest BCUT2D eigenvalue weighted by atomic mass is 10.2. The number of benzene rings is 5. The van der Waals surface area contributed by atoms with Crippen molar-refractivity contribution in [2.75, 3.05) is 46.4 Å². The molecule has 0 fully saturated rings. The number of hydrogen-bond acceptors (Lipinski definition) is 15. The lowest BCUT2D eigenvalue weighted by Gasteiger charge is -2.13. The molecule has 0 heterocycles. The van der Waals surface area contributed by atoms with Crippen molar-refractivity contribution in [1.29, 1.82) is 0 Å². The van der Waals surface area contributed by atoms with Crippen LogP contribution in [0.3, 0.4) is 0 Å². The summed E-state index contributed by atoms with van der Waals surface area (Å²) in [5.41, 5.74) is 3.56. The Hall–Kier alpha value is -7.55. The van der Waals surface area contributed by atoms with E-state index < -0.39 is 5.97 Å². The van der Waals surface area contributed by atoms with Crippen LogP contribution < -0.4 is 23.7 Å². The molecule has 0 aliphatic carbocycles. The van der Waals surface area contributed by atoms with Crippen LogP contribution in [0.5, 0.6) is 28.7 Å². The molecule has 5 aromatic carbocycles. The average Bonchev–Trinajstić information content (AvgIpc) is 3.35. The molecule has 0 saturated heterocycles. The van der Waals surface area contributed by atoms with Gasteiger partial charge in [-0.15, -0.1) is 0 Å². The lowest BCUT2D eigenvalue weighted by Crippen LogP contribution is -2.08. The van der Waals surface area contributed by atoms with Gasteiger partial charge in [-0.05, 0) is 162 Å². The van der Waals surface area contributed by atoms with Crippen molar-refractivity contribution in [1.82, 2.24) is 0 Å². The number of unbranched alkanes of at least 4 members (excludes halogenated alkanes) is 6. The smallest absolute Gasteiger partial charge is 0.338 e. The van der Waals surface area contributed by atoms with Crippen LogP contribution in [-0.4, -0.2) is 64.3 Å². The van der Waals surface area contributed by atoms with Gasteiger partial charge in [0.15, 0.2) is 0 Å². The van der Waals surface area contributed by atoms with Gasteiger partial charge in [0.05, 0.1) is 73.5 Å². The van der Waals surface area contributed by atoms with Gasteiger partial charge in [0.2, 0.25) is 6.79 Å². The van der Waals surface area contributed by atoms with Gasteiger partial charge in [-0.25, -0.2) is 14.4 Å². The molecule has 15 nitrogen and oxygen atoms in total. The highest BCUT2D eigenvalue weighted by molar-refractivity contribution is 5.90. The van der Waals surface area contributed by atoms with Gasteiger partial charge in [0.25, 0.3) is 0 Å². The summed E-state index contributed by atoms with van der Waals surface area (Å²) in [5.74, 6) is 1.84. The van der Waals surface area contributed by atoms with Gasteiger partial charge in [0.1, 0.15) is 28.7 Å². The summed E-state index contributed by atoms with van der Waals surface area (Å²) < 4.78 is 44.6. The second-order valence-electron chi connectivity index (χ2n) is 14.7. The van der Waals surface area contributed by atoms with Gasteiger partial charge < -0.3 is 37.9 Å². The normalized spacial score (nSPS) is 11.0. The quantitative estimate of drug-likeness (QED) is 0.0107. The fourth-order valence-electron chi connectivity index (χ4n) is 6.09. The van der Waals surface area contributed by atoms with Gasteiger partial charge >= 0.3 is 17.9 Å². The molecule has 352 valence electrons. The molecule has 0 spiro atoms. The molecular weight excluding hydrogens is 857 g/mol. The Morgan fingerprint density at radius 2 is 0.731 bits per heavy atom. The first kappa shape index (κ1) is 50.4. The Kier molecular flexibility index (Phi) is 21.9. The van der Waals surface area contributed by atoms with Crippen molar-refractivity contribution in [2.45, 2.75) is 65.2 Å². The van der Waals surface area contributed by atoms with Crippen molar-refractivity contribution >= 4 is 40.7 Å². The van der Waals surface area contributed by atoms with Crippen LogP contribution >= 0.6 is 0 Å². The third-order valence-electron chi connectivity index (χ3n) is 9.59. The van der Waals surface area contributed by atoms with Gasteiger partial charge in [-0.3, -0.25) is 0 Å². The summed E-state index contributed by atoms with van der Waals surface area (Å²) in [6, 6.07) is 33.7. The highest BCUT2D eigenvalue weighted by Crippen LogP contribution is 2.29. The summed E-state index contributed by atoms with van der Waals surface area (Å²) in [6.45, 7) is 9.51. The molecule has 0 atom stereocenters. The Morgan fingerprint density at radius 3 is 1.06 bits per heavy atom. The maximum absolute atomic E-state index is 11.8. The van der Waals surface area contributed by atoms with E-state index in [1.807, 2.05) is 54.6 Å². The first-order valence-electron chi connectivity index (χ1n) is 22.5. The monoisotopic (exact) mass is 914 g/mol. The van der Waals surface area contributed by atoms with Gasteiger partial charge in [-0.2, -0.15) is 20.5 Å². The zero-order valence-electron chi connectivity index (χ0n) is 38.1. The summed E-state index contributed by atoms with van der Waals surface area (Å²) >= 11 is 0. The highest BCUT2D eigenvalue weighted by Gasteiger charge is 2.09. The van der Waals surface area contributed by atoms with Gasteiger partial charge in [-0.1, -0.05) is 6.58 Å². The molecule has 0 aliphatic rings. The van der Waals surface area contributed by atoms with E-state index in [9.17, 15) is 14.4 Å². The van der Waals surface area contributed by atoms with Crippen LogP contribution in [0.15, 0.2) is 148 Å². The summed E-state index contributed by atoms with van der Waals surface area (Å²) in [7, 11) is 0. The molecular formula is C52H58N4O11. The SMILES string of the molecule is C=CC(=O)OCOc1cc(OCCCCCCOc2ccc(N=Nc3ccc(C(=O)OCC)cc3)cc2)cc(OCCCCCCOc2ccc(N=Nc3ccc(C(=O)OCC)cc3)cc2)c1. The Balaban J connectivity index is 0.942. The number of azo groups is 2. The number of carbonyl (C=O) groups excluding carboxylic acids is 3. The Morgan fingerprint density at radius 1 is 0.418 bits per heavy atom. The molecule has 15 heteroatoms. The fraction of sp³-hybridized carbons (Fsp3) is 0.327. The van der Waals surface area contributed by atoms with Crippen molar-refractivity contribution in [3.8, 4) is 28.7 Å². The van der Waals surface area contributed by atoms with Crippen LogP contribution in [-0.2, 0) is 19.0 Å². The first-order valence-corrected chi connectivity index (χ1v) is 22.5. The van der Waals surface area contributed by atoms with E-state index >= 15 is 0 Å². The molecule has 5 rings (SSSR count). The molecule has 0 aliphatic heterocycles. The Bertz CT molecular complexity index is 2190. The van der Waals surface area contributed by atoms with E-state index in [4.69, 9.17) is 37.9 Å². The third kappa shape index (κ3) is 19.2. The van der Waals surface area contributed by atoms with E-state index in [2.05, 4.69) is 27.0 Å². The summed E-state index contributed by atoms with van der Waals surface area (Å²) in [6.07, 6.45) is 8.43. The fourth-order valence-corrected chi connectivity index (χ4v) is 6.09. The summed E-state index contributed by atoms with van der Waals surface area (Å²) in [4.78, 5) is 35.2. The van der Waals surface area contributed by atoms with Crippen LogP contribution in [0.1, 0.15) is 85.9 Å². The zero-order valence-corrected chi connectivity index (χ0v) is 38.1. The van der Waals surface area contributed by atoms with Crippen molar-refractivity contribution < 1.29 is 52.3 Å². The van der Waals surface area contributed by atoms with Crippen LogP contribution in [0.2, 0.25) is 0 Å².